The van der Waals surface area contributed by atoms with Crippen molar-refractivity contribution in [2.24, 2.45) is 10.7 Å². The number of nitrogens with zero attached hydrogens (tertiary/aromatic N) is 1. The van der Waals surface area contributed by atoms with E-state index in [9.17, 15) is 4.39 Å². The first-order valence-electron chi connectivity index (χ1n) is 4.90. The van der Waals surface area contributed by atoms with Gasteiger partial charge in [-0.15, -0.1) is 0 Å². The molecule has 0 spiro atoms. The van der Waals surface area contributed by atoms with Crippen LogP contribution in [0.3, 0.4) is 0 Å². The molecule has 1 heterocycles. The van der Waals surface area contributed by atoms with Crippen molar-refractivity contribution >= 4 is 5.96 Å². The molecule has 0 saturated heterocycles. The standard InChI is InChI=1S/C11H14FN3/c1-11(7-14-10(13)15-11)6-8-3-2-4-9(12)5-8/h2-5H,6-7H2,1H3,(H3,13,14,15). The summed E-state index contributed by atoms with van der Waals surface area (Å²) >= 11 is 0. The summed E-state index contributed by atoms with van der Waals surface area (Å²) < 4.78 is 13.0. The fraction of sp³-hybridized carbons (Fsp3) is 0.364. The maximum Gasteiger partial charge on any atom is 0.189 e. The number of aliphatic imine (C=N–C) groups is 1. The quantitative estimate of drug-likeness (QED) is 0.761. The number of hydrogen-bond donors (Lipinski definition) is 2. The number of nitrogens with one attached hydrogen (secondary N) is 1. The van der Waals surface area contributed by atoms with E-state index >= 15 is 0 Å². The third kappa shape index (κ3) is 2.26. The number of rotatable bonds is 2. The summed E-state index contributed by atoms with van der Waals surface area (Å²) in [5.41, 5.74) is 6.33. The van der Waals surface area contributed by atoms with E-state index in [1.165, 1.54) is 6.07 Å². The Bertz CT molecular complexity index is 403. The normalized spacial score (nSPS) is 24.8. The van der Waals surface area contributed by atoms with Gasteiger partial charge in [-0.3, -0.25) is 4.99 Å². The molecule has 3 nitrogen and oxygen atoms in total. The van der Waals surface area contributed by atoms with Gasteiger partial charge >= 0.3 is 0 Å². The van der Waals surface area contributed by atoms with Gasteiger partial charge in [0.15, 0.2) is 5.96 Å². The molecule has 15 heavy (non-hydrogen) atoms. The lowest BCUT2D eigenvalue weighted by molar-refractivity contribution is 0.451. The van der Waals surface area contributed by atoms with Gasteiger partial charge in [0, 0.05) is 0 Å². The summed E-state index contributed by atoms with van der Waals surface area (Å²) in [7, 11) is 0. The highest BCUT2D eigenvalue weighted by Crippen LogP contribution is 2.17. The van der Waals surface area contributed by atoms with Gasteiger partial charge in [-0.25, -0.2) is 4.39 Å². The highest BCUT2D eigenvalue weighted by molar-refractivity contribution is 5.80. The molecule has 1 atom stereocenters. The van der Waals surface area contributed by atoms with Gasteiger partial charge in [-0.05, 0) is 31.0 Å². The lowest BCUT2D eigenvalue weighted by atomic mass is 9.94. The Balaban J connectivity index is 2.09. The number of guanidine groups is 1. The van der Waals surface area contributed by atoms with E-state index in [0.717, 1.165) is 12.0 Å². The van der Waals surface area contributed by atoms with Gasteiger partial charge in [-0.1, -0.05) is 12.1 Å². The topological polar surface area (TPSA) is 50.4 Å². The van der Waals surface area contributed by atoms with E-state index < -0.39 is 0 Å². The van der Waals surface area contributed by atoms with Crippen molar-refractivity contribution in [1.82, 2.24) is 5.32 Å². The second-order valence-corrected chi connectivity index (χ2v) is 4.19. The van der Waals surface area contributed by atoms with E-state index in [-0.39, 0.29) is 11.4 Å². The smallest absolute Gasteiger partial charge is 0.189 e. The first kappa shape index (κ1) is 9.96. The van der Waals surface area contributed by atoms with Gasteiger partial charge < -0.3 is 11.1 Å². The van der Waals surface area contributed by atoms with Crippen molar-refractivity contribution in [3.05, 3.63) is 35.6 Å². The van der Waals surface area contributed by atoms with E-state index in [1.54, 1.807) is 12.1 Å². The van der Waals surface area contributed by atoms with Gasteiger partial charge in [-0.2, -0.15) is 0 Å². The van der Waals surface area contributed by atoms with Crippen molar-refractivity contribution < 1.29 is 4.39 Å². The minimum absolute atomic E-state index is 0.183. The van der Waals surface area contributed by atoms with E-state index in [0.29, 0.717) is 12.5 Å². The van der Waals surface area contributed by atoms with Crippen molar-refractivity contribution in [2.45, 2.75) is 18.9 Å². The molecule has 0 radical (unpaired) electrons. The molecule has 0 aromatic heterocycles. The number of nitrogens with two attached hydrogens (primary N) is 1. The molecule has 0 amide bonds. The molecule has 1 aromatic carbocycles. The zero-order valence-electron chi connectivity index (χ0n) is 8.63. The molecule has 80 valence electrons. The molecule has 0 aliphatic carbocycles. The van der Waals surface area contributed by atoms with Crippen LogP contribution in [0, 0.1) is 5.82 Å². The average Bonchev–Trinajstić information content (AvgIpc) is 2.45. The van der Waals surface area contributed by atoms with Crippen molar-refractivity contribution in [2.75, 3.05) is 6.54 Å². The summed E-state index contributed by atoms with van der Waals surface area (Å²) in [4.78, 5) is 4.10. The molecule has 1 aliphatic rings. The van der Waals surface area contributed by atoms with Crippen LogP contribution in [-0.4, -0.2) is 18.0 Å². The number of benzene rings is 1. The fourth-order valence-corrected chi connectivity index (χ4v) is 1.85. The predicted octanol–water partition coefficient (Wildman–Crippen LogP) is 1.04. The Morgan fingerprint density at radius 2 is 2.40 bits per heavy atom. The van der Waals surface area contributed by atoms with Crippen LogP contribution in [0.5, 0.6) is 0 Å². The number of halogens is 1. The summed E-state index contributed by atoms with van der Waals surface area (Å²) in [6.45, 7) is 2.66. The van der Waals surface area contributed by atoms with Gasteiger partial charge in [0.1, 0.15) is 5.82 Å². The molecule has 0 fully saturated rings. The Hall–Kier alpha value is -1.58. The summed E-state index contributed by atoms with van der Waals surface area (Å²) in [5.74, 6) is 0.261. The van der Waals surface area contributed by atoms with Crippen LogP contribution in [0.25, 0.3) is 0 Å². The van der Waals surface area contributed by atoms with Crippen LogP contribution >= 0.6 is 0 Å². The van der Waals surface area contributed by atoms with Crippen LogP contribution in [0.1, 0.15) is 12.5 Å². The summed E-state index contributed by atoms with van der Waals surface area (Å²) in [5, 5.41) is 3.10. The molecule has 1 unspecified atom stereocenters. The van der Waals surface area contributed by atoms with Gasteiger partial charge in [0.2, 0.25) is 0 Å². The van der Waals surface area contributed by atoms with Crippen molar-refractivity contribution in [3.63, 3.8) is 0 Å². The highest BCUT2D eigenvalue weighted by atomic mass is 19.1. The van der Waals surface area contributed by atoms with Crippen LogP contribution in [-0.2, 0) is 6.42 Å². The minimum Gasteiger partial charge on any atom is -0.370 e. The molecule has 0 bridgehead atoms. The van der Waals surface area contributed by atoms with Crippen LogP contribution in [0.2, 0.25) is 0 Å². The van der Waals surface area contributed by atoms with Gasteiger partial charge in [0.25, 0.3) is 0 Å². The van der Waals surface area contributed by atoms with E-state index in [2.05, 4.69) is 10.3 Å². The Morgan fingerprint density at radius 1 is 1.60 bits per heavy atom. The Kier molecular flexibility index (Phi) is 2.34. The largest absolute Gasteiger partial charge is 0.370 e. The van der Waals surface area contributed by atoms with Gasteiger partial charge in [0.05, 0.1) is 12.1 Å². The summed E-state index contributed by atoms with van der Waals surface area (Å²) in [6, 6.07) is 6.61. The first-order valence-corrected chi connectivity index (χ1v) is 4.90. The highest BCUT2D eigenvalue weighted by Gasteiger charge is 2.29. The third-order valence-corrected chi connectivity index (χ3v) is 2.51. The lowest BCUT2D eigenvalue weighted by Gasteiger charge is -2.24. The SMILES string of the molecule is CC1(Cc2cccc(F)c2)CN=C(N)N1. The predicted molar refractivity (Wildman–Crippen MR) is 58.1 cm³/mol. The number of hydrogen-bond acceptors (Lipinski definition) is 3. The summed E-state index contributed by atoms with van der Waals surface area (Å²) in [6.07, 6.45) is 0.717. The molecule has 2 rings (SSSR count). The Labute approximate surface area is 88.2 Å². The maximum atomic E-state index is 13.0. The molecular weight excluding hydrogens is 193 g/mol. The van der Waals surface area contributed by atoms with Crippen LogP contribution in [0.4, 0.5) is 4.39 Å². The molecular formula is C11H14FN3. The van der Waals surface area contributed by atoms with E-state index in [1.807, 2.05) is 13.0 Å². The zero-order chi connectivity index (χ0) is 10.9. The molecule has 1 aliphatic heterocycles. The molecule has 1 aromatic rings. The Morgan fingerprint density at radius 3 is 3.00 bits per heavy atom. The first-order chi connectivity index (χ1) is 7.07. The molecule has 0 saturated carbocycles. The zero-order valence-corrected chi connectivity index (χ0v) is 8.63. The van der Waals surface area contributed by atoms with E-state index in [4.69, 9.17) is 5.73 Å². The monoisotopic (exact) mass is 207 g/mol. The van der Waals surface area contributed by atoms with Crippen LogP contribution < -0.4 is 11.1 Å². The second kappa shape index (κ2) is 3.53. The lowest BCUT2D eigenvalue weighted by Crippen LogP contribution is -2.47. The second-order valence-electron chi connectivity index (χ2n) is 4.19. The fourth-order valence-electron chi connectivity index (χ4n) is 1.85. The van der Waals surface area contributed by atoms with Crippen molar-refractivity contribution in [3.8, 4) is 0 Å². The average molecular weight is 207 g/mol. The van der Waals surface area contributed by atoms with Crippen LogP contribution in [0.15, 0.2) is 29.3 Å². The molecule has 3 N–H and O–H groups in total. The maximum absolute atomic E-state index is 13.0. The van der Waals surface area contributed by atoms with Crippen molar-refractivity contribution in [1.29, 1.82) is 0 Å². The molecule has 4 heteroatoms. The third-order valence-electron chi connectivity index (χ3n) is 2.51. The minimum atomic E-state index is -0.206.